The minimum absolute atomic E-state index is 0.0826. The van der Waals surface area contributed by atoms with Gasteiger partial charge >= 0.3 is 0 Å². The molecule has 0 atom stereocenters. The standard InChI is InChI=1S/C17H20N4O5S/c1-24-11-6-13-12(25-3-2-4-26-13)5-10(11)8-19-16(23)9-27-17-20-14(18)7-15(22)21-17/h5-7H,2-4,8-9H2,1H3,(H,19,23)(H3,18,20,21,22). The number of nitrogens with zero attached hydrogens (tertiary/aromatic N) is 1. The lowest BCUT2D eigenvalue weighted by Gasteiger charge is -2.14. The van der Waals surface area contributed by atoms with Crippen molar-refractivity contribution in [3.63, 3.8) is 0 Å². The summed E-state index contributed by atoms with van der Waals surface area (Å²) >= 11 is 1.09. The zero-order valence-corrected chi connectivity index (χ0v) is 15.6. The Morgan fingerprint density at radius 2 is 2.07 bits per heavy atom. The van der Waals surface area contributed by atoms with Gasteiger partial charge in [-0.2, -0.15) is 0 Å². The molecule has 1 aromatic carbocycles. The Bertz CT molecular complexity index is 886. The van der Waals surface area contributed by atoms with Gasteiger partial charge in [-0.1, -0.05) is 11.8 Å². The number of carbonyl (C=O) groups excluding carboxylic acids is 1. The highest BCUT2D eigenvalue weighted by molar-refractivity contribution is 7.99. The van der Waals surface area contributed by atoms with Gasteiger partial charge in [0.05, 0.1) is 26.1 Å². The molecule has 0 aliphatic carbocycles. The lowest BCUT2D eigenvalue weighted by Crippen LogP contribution is -2.25. The predicted octanol–water partition coefficient (Wildman–Crippen LogP) is 0.930. The number of thioether (sulfide) groups is 1. The van der Waals surface area contributed by atoms with Gasteiger partial charge in [0, 0.05) is 30.7 Å². The summed E-state index contributed by atoms with van der Waals surface area (Å²) in [7, 11) is 1.56. The van der Waals surface area contributed by atoms with Gasteiger partial charge in [-0.15, -0.1) is 0 Å². The molecule has 2 aromatic rings. The summed E-state index contributed by atoms with van der Waals surface area (Å²) < 4.78 is 16.7. The van der Waals surface area contributed by atoms with Crippen LogP contribution in [0.5, 0.6) is 17.2 Å². The fourth-order valence-electron chi connectivity index (χ4n) is 2.46. The van der Waals surface area contributed by atoms with Crippen LogP contribution in [-0.4, -0.2) is 42.0 Å². The number of nitrogens with two attached hydrogens (primary N) is 1. The van der Waals surface area contributed by atoms with Gasteiger partial charge in [0.1, 0.15) is 11.6 Å². The minimum Gasteiger partial charge on any atom is -0.496 e. The number of carbonyl (C=O) groups is 1. The third kappa shape index (κ3) is 5.07. The Hall–Kier alpha value is -2.88. The molecule has 0 fully saturated rings. The lowest BCUT2D eigenvalue weighted by molar-refractivity contribution is -0.118. The maximum absolute atomic E-state index is 12.1. The third-order valence-corrected chi connectivity index (χ3v) is 4.58. The average Bonchev–Trinajstić information content (AvgIpc) is 2.87. The van der Waals surface area contributed by atoms with Crippen LogP contribution in [0.25, 0.3) is 0 Å². The first-order valence-electron chi connectivity index (χ1n) is 8.28. The van der Waals surface area contributed by atoms with Crippen molar-refractivity contribution < 1.29 is 19.0 Å². The molecule has 0 bridgehead atoms. The SMILES string of the molecule is COc1cc2c(cc1CNC(=O)CSc1nc(N)cc(=O)[nH]1)OCCCO2. The molecule has 0 spiro atoms. The molecule has 4 N–H and O–H groups in total. The number of hydrogen-bond acceptors (Lipinski definition) is 8. The molecule has 2 heterocycles. The zero-order valence-electron chi connectivity index (χ0n) is 14.7. The number of fused-ring (bicyclic) bond motifs is 1. The maximum Gasteiger partial charge on any atom is 0.253 e. The number of hydrogen-bond donors (Lipinski definition) is 3. The largest absolute Gasteiger partial charge is 0.496 e. The summed E-state index contributed by atoms with van der Waals surface area (Å²) in [5.74, 6) is 1.84. The molecule has 1 aliphatic heterocycles. The second kappa shape index (κ2) is 8.67. The van der Waals surface area contributed by atoms with Crippen molar-refractivity contribution in [3.05, 3.63) is 34.1 Å². The van der Waals surface area contributed by atoms with E-state index in [9.17, 15) is 9.59 Å². The number of methoxy groups -OCH3 is 1. The zero-order chi connectivity index (χ0) is 19.2. The highest BCUT2D eigenvalue weighted by Crippen LogP contribution is 2.36. The van der Waals surface area contributed by atoms with Crippen LogP contribution in [0.3, 0.4) is 0 Å². The highest BCUT2D eigenvalue weighted by atomic mass is 32.2. The average molecular weight is 392 g/mol. The number of nitrogens with one attached hydrogen (secondary N) is 2. The Morgan fingerprint density at radius 1 is 1.33 bits per heavy atom. The summed E-state index contributed by atoms with van der Waals surface area (Å²) in [5, 5.41) is 3.10. The lowest BCUT2D eigenvalue weighted by atomic mass is 10.1. The van der Waals surface area contributed by atoms with Gasteiger partial charge < -0.3 is 30.2 Å². The molecule has 27 heavy (non-hydrogen) atoms. The molecule has 3 rings (SSSR count). The molecule has 1 aliphatic rings. The number of aromatic nitrogens is 2. The molecule has 0 radical (unpaired) electrons. The Labute approximate surface area is 159 Å². The van der Waals surface area contributed by atoms with Gasteiger partial charge in [0.2, 0.25) is 5.91 Å². The van der Waals surface area contributed by atoms with Crippen molar-refractivity contribution in [2.75, 3.05) is 31.8 Å². The molecule has 0 saturated heterocycles. The highest BCUT2D eigenvalue weighted by Gasteiger charge is 2.16. The Balaban J connectivity index is 1.61. The number of amides is 1. The fraction of sp³-hybridized carbons (Fsp3) is 0.353. The van der Waals surface area contributed by atoms with Crippen LogP contribution >= 0.6 is 11.8 Å². The molecule has 9 nitrogen and oxygen atoms in total. The number of aromatic amines is 1. The van der Waals surface area contributed by atoms with Gasteiger partial charge in [-0.3, -0.25) is 9.59 Å². The molecule has 10 heteroatoms. The van der Waals surface area contributed by atoms with Crippen LogP contribution in [0.4, 0.5) is 5.82 Å². The van der Waals surface area contributed by atoms with E-state index < -0.39 is 0 Å². The maximum atomic E-state index is 12.1. The van der Waals surface area contributed by atoms with Crippen molar-refractivity contribution in [3.8, 4) is 17.2 Å². The molecule has 1 amide bonds. The van der Waals surface area contributed by atoms with Crippen LogP contribution < -0.4 is 30.8 Å². The summed E-state index contributed by atoms with van der Waals surface area (Å²) in [6.07, 6.45) is 0.806. The van der Waals surface area contributed by atoms with Gasteiger partial charge in [-0.05, 0) is 6.07 Å². The van der Waals surface area contributed by atoms with E-state index in [1.54, 1.807) is 13.2 Å². The van der Waals surface area contributed by atoms with E-state index in [2.05, 4.69) is 15.3 Å². The van der Waals surface area contributed by atoms with Crippen molar-refractivity contribution >= 4 is 23.5 Å². The summed E-state index contributed by atoms with van der Waals surface area (Å²) in [4.78, 5) is 30.0. The van der Waals surface area contributed by atoms with E-state index in [0.29, 0.717) is 35.6 Å². The quantitative estimate of drug-likeness (QED) is 0.489. The normalized spacial score (nSPS) is 12.9. The van der Waals surface area contributed by atoms with E-state index >= 15 is 0 Å². The summed E-state index contributed by atoms with van der Waals surface area (Å²) in [5.41, 5.74) is 5.93. The predicted molar refractivity (Wildman–Crippen MR) is 100 cm³/mol. The smallest absolute Gasteiger partial charge is 0.253 e. The monoisotopic (exact) mass is 392 g/mol. The number of rotatable bonds is 6. The number of nitrogen functional groups attached to an aromatic ring is 1. The first-order chi connectivity index (χ1) is 13.0. The molecule has 1 aromatic heterocycles. The summed E-state index contributed by atoms with van der Waals surface area (Å²) in [6.45, 7) is 1.43. The number of H-pyrrole nitrogens is 1. The molecule has 0 saturated carbocycles. The second-order valence-electron chi connectivity index (χ2n) is 5.70. The summed E-state index contributed by atoms with van der Waals surface area (Å²) in [6, 6.07) is 4.75. The topological polar surface area (TPSA) is 129 Å². The van der Waals surface area contributed by atoms with Crippen molar-refractivity contribution in [1.82, 2.24) is 15.3 Å². The second-order valence-corrected chi connectivity index (χ2v) is 6.67. The van der Waals surface area contributed by atoms with Gasteiger partial charge in [0.15, 0.2) is 16.7 Å². The first kappa shape index (κ1) is 18.9. The Kier molecular flexibility index (Phi) is 6.07. The number of anilines is 1. The minimum atomic E-state index is -0.359. The van der Waals surface area contributed by atoms with Gasteiger partial charge in [-0.25, -0.2) is 4.98 Å². The van der Waals surface area contributed by atoms with Crippen LogP contribution in [-0.2, 0) is 11.3 Å². The van der Waals surface area contributed by atoms with E-state index in [0.717, 1.165) is 23.7 Å². The van der Waals surface area contributed by atoms with Crippen LogP contribution in [0, 0.1) is 0 Å². The molecule has 144 valence electrons. The number of ether oxygens (including phenoxy) is 3. The van der Waals surface area contributed by atoms with Crippen LogP contribution in [0.1, 0.15) is 12.0 Å². The van der Waals surface area contributed by atoms with Crippen molar-refractivity contribution in [1.29, 1.82) is 0 Å². The van der Waals surface area contributed by atoms with Crippen molar-refractivity contribution in [2.24, 2.45) is 0 Å². The van der Waals surface area contributed by atoms with E-state index in [1.165, 1.54) is 6.07 Å². The van der Waals surface area contributed by atoms with E-state index in [-0.39, 0.29) is 29.6 Å². The molecular weight excluding hydrogens is 372 g/mol. The van der Waals surface area contributed by atoms with Crippen LogP contribution in [0.2, 0.25) is 0 Å². The third-order valence-electron chi connectivity index (χ3n) is 3.71. The molecule has 0 unspecified atom stereocenters. The van der Waals surface area contributed by atoms with E-state index in [4.69, 9.17) is 19.9 Å². The first-order valence-corrected chi connectivity index (χ1v) is 9.26. The number of benzene rings is 1. The Morgan fingerprint density at radius 3 is 2.78 bits per heavy atom. The molecular formula is C17H20N4O5S. The van der Waals surface area contributed by atoms with Crippen LogP contribution in [0.15, 0.2) is 28.2 Å². The van der Waals surface area contributed by atoms with Gasteiger partial charge in [0.25, 0.3) is 5.56 Å². The van der Waals surface area contributed by atoms with E-state index in [1.807, 2.05) is 6.07 Å². The fourth-order valence-corrected chi connectivity index (χ4v) is 3.17. The van der Waals surface area contributed by atoms with Crippen molar-refractivity contribution in [2.45, 2.75) is 18.1 Å².